The van der Waals surface area contributed by atoms with Crippen molar-refractivity contribution in [2.45, 2.75) is 47.3 Å². The molecule has 7 heteroatoms. The second-order valence-electron chi connectivity index (χ2n) is 7.52. The minimum Gasteiger partial charge on any atom is -0.462 e. The molecule has 0 unspecified atom stereocenters. The average Bonchev–Trinajstić information content (AvgIpc) is 2.62. The normalized spacial score (nSPS) is 11.8. The monoisotopic (exact) mass is 391 g/mol. The molecular formula is C21H29NO6. The Kier molecular flexibility index (Phi) is 9.21. The van der Waals surface area contributed by atoms with Gasteiger partial charge in [0.15, 0.2) is 6.04 Å². The first-order valence-electron chi connectivity index (χ1n) is 9.04. The molecule has 1 aromatic carbocycles. The summed E-state index contributed by atoms with van der Waals surface area (Å²) in [4.78, 5) is 36.3. The van der Waals surface area contributed by atoms with Gasteiger partial charge in [-0.15, -0.1) is 0 Å². The summed E-state index contributed by atoms with van der Waals surface area (Å²) in [5.41, 5.74) is 1.06. The molecule has 1 N–H and O–H groups in total. The predicted octanol–water partition coefficient (Wildman–Crippen LogP) is 3.38. The van der Waals surface area contributed by atoms with Crippen LogP contribution in [0.15, 0.2) is 42.0 Å². The Bertz CT molecular complexity index is 687. The zero-order valence-electron chi connectivity index (χ0n) is 17.1. The molecule has 0 aliphatic rings. The average molecular weight is 391 g/mol. The fraction of sp³-hybridized carbons (Fsp3) is 0.476. The lowest BCUT2D eigenvalue weighted by atomic mass is 9.97. The highest BCUT2D eigenvalue weighted by atomic mass is 16.6. The van der Waals surface area contributed by atoms with E-state index < -0.39 is 29.5 Å². The van der Waals surface area contributed by atoms with Crippen LogP contribution in [0.3, 0.4) is 0 Å². The van der Waals surface area contributed by atoms with Gasteiger partial charge in [0.25, 0.3) is 0 Å². The lowest BCUT2D eigenvalue weighted by Crippen LogP contribution is -2.46. The standard InChI is InChI=1S/C21H29NO6/c1-15(2)11-12-26-18(23)17(14-27-19(24)21(3,4)5)22-20(25)28-13-16-9-7-6-8-10-16/h6-11,17H,12-14H2,1-5H3,(H,22,25)/t17-/m0/s1. The van der Waals surface area contributed by atoms with E-state index >= 15 is 0 Å². The molecule has 1 rings (SSSR count). The van der Waals surface area contributed by atoms with Crippen molar-refractivity contribution in [2.24, 2.45) is 5.41 Å². The van der Waals surface area contributed by atoms with Crippen molar-refractivity contribution in [3.05, 3.63) is 47.5 Å². The summed E-state index contributed by atoms with van der Waals surface area (Å²) in [6.45, 7) is 8.59. The van der Waals surface area contributed by atoms with E-state index in [0.29, 0.717) is 0 Å². The topological polar surface area (TPSA) is 90.9 Å². The number of alkyl carbamates (subject to hydrolysis) is 1. The highest BCUT2D eigenvalue weighted by Gasteiger charge is 2.28. The smallest absolute Gasteiger partial charge is 0.408 e. The number of amides is 1. The van der Waals surface area contributed by atoms with E-state index in [4.69, 9.17) is 14.2 Å². The van der Waals surface area contributed by atoms with Crippen LogP contribution < -0.4 is 5.32 Å². The Morgan fingerprint density at radius 1 is 1.04 bits per heavy atom. The summed E-state index contributed by atoms with van der Waals surface area (Å²) in [6.07, 6.45) is 0.920. The Hall–Kier alpha value is -2.83. The Balaban J connectivity index is 2.66. The van der Waals surface area contributed by atoms with Gasteiger partial charge < -0.3 is 19.5 Å². The number of ether oxygens (including phenoxy) is 3. The molecule has 0 fully saturated rings. The van der Waals surface area contributed by atoms with Crippen molar-refractivity contribution in [2.75, 3.05) is 13.2 Å². The minimum absolute atomic E-state index is 0.0496. The number of esters is 2. The summed E-state index contributed by atoms with van der Waals surface area (Å²) in [5.74, 6) is -1.20. The van der Waals surface area contributed by atoms with Gasteiger partial charge in [0.05, 0.1) is 5.41 Å². The number of carbonyl (C=O) groups excluding carboxylic acids is 3. The van der Waals surface area contributed by atoms with Gasteiger partial charge in [-0.3, -0.25) is 4.79 Å². The molecule has 0 radical (unpaired) electrons. The number of nitrogens with one attached hydrogen (secondary N) is 1. The van der Waals surface area contributed by atoms with Gasteiger partial charge in [-0.05, 0) is 46.3 Å². The van der Waals surface area contributed by atoms with Crippen molar-refractivity contribution in [3.63, 3.8) is 0 Å². The van der Waals surface area contributed by atoms with Crippen LogP contribution >= 0.6 is 0 Å². The summed E-state index contributed by atoms with van der Waals surface area (Å²) < 4.78 is 15.4. The number of rotatable bonds is 8. The third kappa shape index (κ3) is 9.21. The first-order valence-corrected chi connectivity index (χ1v) is 9.04. The molecule has 1 amide bonds. The molecule has 0 aromatic heterocycles. The zero-order valence-corrected chi connectivity index (χ0v) is 17.1. The van der Waals surface area contributed by atoms with E-state index in [2.05, 4.69) is 5.32 Å². The number of hydrogen-bond donors (Lipinski definition) is 1. The molecule has 0 saturated heterocycles. The van der Waals surface area contributed by atoms with Crippen LogP contribution in [-0.4, -0.2) is 37.3 Å². The van der Waals surface area contributed by atoms with E-state index in [9.17, 15) is 14.4 Å². The van der Waals surface area contributed by atoms with Gasteiger partial charge in [0.2, 0.25) is 0 Å². The Morgan fingerprint density at radius 2 is 1.68 bits per heavy atom. The fourth-order valence-electron chi connectivity index (χ4n) is 1.84. The molecule has 0 bridgehead atoms. The minimum atomic E-state index is -1.17. The van der Waals surface area contributed by atoms with Gasteiger partial charge in [0, 0.05) is 0 Å². The maximum absolute atomic E-state index is 12.3. The van der Waals surface area contributed by atoms with Crippen LogP contribution in [0.2, 0.25) is 0 Å². The maximum atomic E-state index is 12.3. The first-order chi connectivity index (χ1) is 13.1. The van der Waals surface area contributed by atoms with Gasteiger partial charge in [-0.25, -0.2) is 9.59 Å². The largest absolute Gasteiger partial charge is 0.462 e. The van der Waals surface area contributed by atoms with E-state index in [1.54, 1.807) is 26.8 Å². The quantitative estimate of drug-likeness (QED) is 0.415. The Labute approximate surface area is 166 Å². The zero-order chi connectivity index (χ0) is 21.2. The summed E-state index contributed by atoms with van der Waals surface area (Å²) in [6, 6.07) is 7.96. The summed E-state index contributed by atoms with van der Waals surface area (Å²) >= 11 is 0. The van der Waals surface area contributed by atoms with Crippen molar-refractivity contribution in [1.82, 2.24) is 5.32 Å². The van der Waals surface area contributed by atoms with Crippen LogP contribution in [0.1, 0.15) is 40.2 Å². The first kappa shape index (κ1) is 23.2. The summed E-state index contributed by atoms with van der Waals surface area (Å²) in [5, 5.41) is 2.40. The molecule has 28 heavy (non-hydrogen) atoms. The summed E-state index contributed by atoms with van der Waals surface area (Å²) in [7, 11) is 0. The van der Waals surface area contributed by atoms with E-state index in [-0.39, 0.29) is 19.8 Å². The molecule has 0 aliphatic heterocycles. The number of carbonyl (C=O) groups is 3. The van der Waals surface area contributed by atoms with Crippen LogP contribution in [0, 0.1) is 5.41 Å². The second-order valence-corrected chi connectivity index (χ2v) is 7.52. The Morgan fingerprint density at radius 3 is 2.25 bits per heavy atom. The van der Waals surface area contributed by atoms with E-state index in [0.717, 1.165) is 11.1 Å². The lowest BCUT2D eigenvalue weighted by molar-refractivity contribution is -0.157. The highest BCUT2D eigenvalue weighted by molar-refractivity contribution is 5.82. The third-order valence-corrected chi connectivity index (χ3v) is 3.50. The second kappa shape index (κ2) is 11.1. The maximum Gasteiger partial charge on any atom is 0.408 e. The number of benzene rings is 1. The molecular weight excluding hydrogens is 362 g/mol. The van der Waals surface area contributed by atoms with E-state index in [1.807, 2.05) is 44.2 Å². The molecule has 1 atom stereocenters. The fourth-order valence-corrected chi connectivity index (χ4v) is 1.84. The molecule has 0 saturated carbocycles. The molecule has 1 aromatic rings. The van der Waals surface area contributed by atoms with E-state index in [1.165, 1.54) is 0 Å². The van der Waals surface area contributed by atoms with Gasteiger partial charge in [-0.2, -0.15) is 0 Å². The lowest BCUT2D eigenvalue weighted by Gasteiger charge is -2.21. The number of allylic oxidation sites excluding steroid dienone is 1. The van der Waals surface area contributed by atoms with Crippen molar-refractivity contribution >= 4 is 18.0 Å². The third-order valence-electron chi connectivity index (χ3n) is 3.50. The van der Waals surface area contributed by atoms with Crippen LogP contribution in [0.4, 0.5) is 4.79 Å². The van der Waals surface area contributed by atoms with Gasteiger partial charge >= 0.3 is 18.0 Å². The molecule has 154 valence electrons. The number of hydrogen-bond acceptors (Lipinski definition) is 6. The van der Waals surface area contributed by atoms with Gasteiger partial charge in [-0.1, -0.05) is 35.9 Å². The van der Waals surface area contributed by atoms with Crippen LogP contribution in [0.5, 0.6) is 0 Å². The van der Waals surface area contributed by atoms with Crippen molar-refractivity contribution in [3.8, 4) is 0 Å². The molecule has 0 aliphatic carbocycles. The van der Waals surface area contributed by atoms with Crippen molar-refractivity contribution < 1.29 is 28.6 Å². The van der Waals surface area contributed by atoms with Crippen LogP contribution in [0.25, 0.3) is 0 Å². The van der Waals surface area contributed by atoms with Crippen LogP contribution in [-0.2, 0) is 30.4 Å². The van der Waals surface area contributed by atoms with Gasteiger partial charge in [0.1, 0.15) is 19.8 Å². The van der Waals surface area contributed by atoms with Crippen molar-refractivity contribution in [1.29, 1.82) is 0 Å². The molecule has 0 spiro atoms. The molecule has 0 heterocycles. The predicted molar refractivity (Wildman–Crippen MR) is 104 cm³/mol. The highest BCUT2D eigenvalue weighted by Crippen LogP contribution is 2.15. The SMILES string of the molecule is CC(C)=CCOC(=O)[C@H](COC(=O)C(C)(C)C)NC(=O)OCc1ccccc1. The molecule has 7 nitrogen and oxygen atoms in total.